The highest BCUT2D eigenvalue weighted by atomic mass is 35.5. The van der Waals surface area contributed by atoms with Gasteiger partial charge < -0.3 is 9.84 Å². The molecule has 0 bridgehead atoms. The predicted octanol–water partition coefficient (Wildman–Crippen LogP) is 1.80. The van der Waals surface area contributed by atoms with E-state index in [0.717, 1.165) is 0 Å². The monoisotopic (exact) mass is 335 g/mol. The number of aryl methyl sites for hydroxylation is 1. The molecular weight excluding hydrogens is 318 g/mol. The third-order valence-electron chi connectivity index (χ3n) is 3.08. The maximum absolute atomic E-state index is 12.3. The molecule has 8 heteroatoms. The summed E-state index contributed by atoms with van der Waals surface area (Å²) < 4.78 is 32.0. The highest BCUT2D eigenvalue weighted by molar-refractivity contribution is 7.89. The molecule has 0 aliphatic heterocycles. The Morgan fingerprint density at radius 2 is 2.10 bits per heavy atom. The number of nitrogens with one attached hydrogen (secondary N) is 1. The Hall–Kier alpha value is -1.15. The van der Waals surface area contributed by atoms with E-state index in [1.165, 1.54) is 25.3 Å². The Bertz CT molecular complexity index is 617. The van der Waals surface area contributed by atoms with Gasteiger partial charge in [0.05, 0.1) is 23.5 Å². The predicted molar refractivity (Wildman–Crippen MR) is 79.0 cm³/mol. The summed E-state index contributed by atoms with van der Waals surface area (Å²) in [4.78, 5) is 10.9. The Labute approximate surface area is 129 Å². The molecule has 0 aromatic heterocycles. The molecule has 0 radical (unpaired) electrons. The number of benzene rings is 1. The molecule has 0 unspecified atom stereocenters. The quantitative estimate of drug-likeness (QED) is 0.792. The van der Waals surface area contributed by atoms with Crippen molar-refractivity contribution in [3.63, 3.8) is 0 Å². The van der Waals surface area contributed by atoms with Gasteiger partial charge in [-0.3, -0.25) is 4.79 Å². The number of hydrogen-bond acceptors (Lipinski definition) is 4. The maximum atomic E-state index is 12.3. The summed E-state index contributed by atoms with van der Waals surface area (Å²) in [5, 5.41) is 9.33. The number of methoxy groups -OCH3 is 1. The van der Waals surface area contributed by atoms with Crippen LogP contribution >= 0.6 is 11.6 Å². The van der Waals surface area contributed by atoms with Crippen molar-refractivity contribution in [2.24, 2.45) is 0 Å². The van der Waals surface area contributed by atoms with Gasteiger partial charge in [0.15, 0.2) is 0 Å². The summed E-state index contributed by atoms with van der Waals surface area (Å²) in [5.41, 5.74) is 0.620. The highest BCUT2D eigenvalue weighted by Gasteiger charge is 2.26. The first-order valence-electron chi connectivity index (χ1n) is 6.20. The summed E-state index contributed by atoms with van der Waals surface area (Å²) in [6.07, 6.45) is -0.954. The first-order valence-corrected chi connectivity index (χ1v) is 8.06. The van der Waals surface area contributed by atoms with Crippen molar-refractivity contribution in [1.29, 1.82) is 0 Å². The van der Waals surface area contributed by atoms with Crippen LogP contribution in [0.1, 0.15) is 18.9 Å². The van der Waals surface area contributed by atoms with E-state index in [2.05, 4.69) is 4.72 Å². The lowest BCUT2D eigenvalue weighted by Crippen LogP contribution is -2.44. The van der Waals surface area contributed by atoms with Crippen molar-refractivity contribution in [3.05, 3.63) is 28.8 Å². The molecule has 2 N–H and O–H groups in total. The Balaban J connectivity index is 3.04. The minimum Gasteiger partial charge on any atom is -0.481 e. The van der Waals surface area contributed by atoms with Crippen LogP contribution < -0.4 is 4.72 Å². The highest BCUT2D eigenvalue weighted by Crippen LogP contribution is 2.20. The van der Waals surface area contributed by atoms with E-state index in [1.54, 1.807) is 13.8 Å². The van der Waals surface area contributed by atoms with Crippen LogP contribution in [0.25, 0.3) is 0 Å². The third-order valence-corrected chi connectivity index (χ3v) is 4.99. The fourth-order valence-corrected chi connectivity index (χ4v) is 3.21. The Morgan fingerprint density at radius 1 is 1.48 bits per heavy atom. The number of hydrogen-bond donors (Lipinski definition) is 2. The van der Waals surface area contributed by atoms with E-state index in [-0.39, 0.29) is 11.3 Å². The summed E-state index contributed by atoms with van der Waals surface area (Å²) in [7, 11) is -2.46. The standard InChI is InChI=1S/C13H18ClNO5S/c1-8-6-10(4-5-11(8)14)21(18,19)15-12(7-13(16)17)9(2)20-3/h4-6,9,12,15H,7H2,1-3H3,(H,16,17)/t9-,12-/m1/s1. The van der Waals surface area contributed by atoms with E-state index in [4.69, 9.17) is 21.4 Å². The third kappa shape index (κ3) is 4.96. The van der Waals surface area contributed by atoms with Crippen LogP contribution in [0.2, 0.25) is 5.02 Å². The summed E-state index contributed by atoms with van der Waals surface area (Å²) in [5.74, 6) is -1.11. The topological polar surface area (TPSA) is 92.7 Å². The molecule has 21 heavy (non-hydrogen) atoms. The first kappa shape index (κ1) is 17.9. The lowest BCUT2D eigenvalue weighted by Gasteiger charge is -2.22. The van der Waals surface area contributed by atoms with Gasteiger partial charge in [-0.1, -0.05) is 11.6 Å². The molecule has 0 aliphatic rings. The maximum Gasteiger partial charge on any atom is 0.305 e. The van der Waals surface area contributed by atoms with Crippen LogP contribution in [-0.2, 0) is 19.6 Å². The summed E-state index contributed by atoms with van der Waals surface area (Å²) >= 11 is 5.87. The van der Waals surface area contributed by atoms with Crippen molar-refractivity contribution in [3.8, 4) is 0 Å². The number of carboxylic acid groups (broad SMARTS) is 1. The van der Waals surface area contributed by atoms with Gasteiger partial charge >= 0.3 is 5.97 Å². The molecule has 0 aliphatic carbocycles. The van der Waals surface area contributed by atoms with Crippen molar-refractivity contribution in [2.75, 3.05) is 7.11 Å². The largest absolute Gasteiger partial charge is 0.481 e. The van der Waals surface area contributed by atoms with E-state index >= 15 is 0 Å². The Kier molecular flexibility index (Phi) is 6.15. The average molecular weight is 336 g/mol. The minimum absolute atomic E-state index is 0.0306. The lowest BCUT2D eigenvalue weighted by molar-refractivity contribution is -0.138. The molecule has 118 valence electrons. The van der Waals surface area contributed by atoms with Gasteiger partial charge in [0.25, 0.3) is 0 Å². The number of halogens is 1. The van der Waals surface area contributed by atoms with Crippen LogP contribution in [-0.4, -0.2) is 38.7 Å². The lowest BCUT2D eigenvalue weighted by atomic mass is 10.1. The smallest absolute Gasteiger partial charge is 0.305 e. The van der Waals surface area contributed by atoms with Crippen molar-refractivity contribution >= 4 is 27.6 Å². The zero-order valence-corrected chi connectivity index (χ0v) is 13.5. The normalized spacial score (nSPS) is 14.7. The fourth-order valence-electron chi connectivity index (χ4n) is 1.71. The SMILES string of the molecule is CO[C@H](C)[C@@H](CC(=O)O)NS(=O)(=O)c1ccc(Cl)c(C)c1. The van der Waals surface area contributed by atoms with Gasteiger partial charge in [0.2, 0.25) is 10.0 Å². The van der Waals surface area contributed by atoms with Crippen LogP contribution in [0.3, 0.4) is 0 Å². The van der Waals surface area contributed by atoms with E-state index in [9.17, 15) is 13.2 Å². The summed E-state index contributed by atoms with van der Waals surface area (Å²) in [6.45, 7) is 3.29. The molecule has 0 saturated carbocycles. The minimum atomic E-state index is -3.85. The molecule has 2 atom stereocenters. The molecular formula is C13H18ClNO5S. The van der Waals surface area contributed by atoms with Crippen LogP contribution in [0.4, 0.5) is 0 Å². The molecule has 0 spiro atoms. The number of carboxylic acids is 1. The van der Waals surface area contributed by atoms with E-state index in [0.29, 0.717) is 10.6 Å². The van der Waals surface area contributed by atoms with Crippen LogP contribution in [0.5, 0.6) is 0 Å². The van der Waals surface area contributed by atoms with Gasteiger partial charge in [-0.2, -0.15) is 0 Å². The van der Waals surface area contributed by atoms with Crippen molar-refractivity contribution in [2.45, 2.75) is 37.3 Å². The first-order chi connectivity index (χ1) is 9.67. The summed E-state index contributed by atoms with van der Waals surface area (Å²) in [6, 6.07) is 3.41. The van der Waals surface area contributed by atoms with Gasteiger partial charge in [-0.25, -0.2) is 13.1 Å². The fraction of sp³-hybridized carbons (Fsp3) is 0.462. The molecule has 0 saturated heterocycles. The molecule has 1 rings (SSSR count). The number of rotatable bonds is 7. The van der Waals surface area contributed by atoms with Crippen molar-refractivity contribution in [1.82, 2.24) is 4.72 Å². The van der Waals surface area contributed by atoms with Crippen molar-refractivity contribution < 1.29 is 23.1 Å². The van der Waals surface area contributed by atoms with Gasteiger partial charge in [-0.15, -0.1) is 0 Å². The second kappa shape index (κ2) is 7.22. The molecule has 0 fully saturated rings. The van der Waals surface area contributed by atoms with Gasteiger partial charge in [-0.05, 0) is 37.6 Å². The molecule has 1 aromatic carbocycles. The molecule has 0 amide bonds. The number of ether oxygens (including phenoxy) is 1. The zero-order valence-electron chi connectivity index (χ0n) is 12.0. The van der Waals surface area contributed by atoms with Crippen LogP contribution in [0, 0.1) is 6.92 Å². The number of sulfonamides is 1. The Morgan fingerprint density at radius 3 is 2.57 bits per heavy atom. The second-order valence-corrected chi connectivity index (χ2v) is 6.80. The number of carbonyl (C=O) groups is 1. The number of aliphatic carboxylic acids is 1. The van der Waals surface area contributed by atoms with Gasteiger partial charge in [0, 0.05) is 12.1 Å². The van der Waals surface area contributed by atoms with Gasteiger partial charge in [0.1, 0.15) is 0 Å². The molecule has 1 aromatic rings. The average Bonchev–Trinajstić information content (AvgIpc) is 2.39. The molecule has 6 nitrogen and oxygen atoms in total. The molecule has 0 heterocycles. The zero-order chi connectivity index (χ0) is 16.2. The van der Waals surface area contributed by atoms with Crippen LogP contribution in [0.15, 0.2) is 23.1 Å². The second-order valence-electron chi connectivity index (χ2n) is 4.68. The van der Waals surface area contributed by atoms with E-state index in [1.807, 2.05) is 0 Å². The van der Waals surface area contributed by atoms with E-state index < -0.39 is 28.1 Å².